The Labute approximate surface area is 98.3 Å². The van der Waals surface area contributed by atoms with E-state index in [2.05, 4.69) is 18.8 Å². The maximum Gasteiger partial charge on any atom is 0.220 e. The van der Waals surface area contributed by atoms with E-state index >= 15 is 0 Å². The summed E-state index contributed by atoms with van der Waals surface area (Å²) in [5, 5.41) is 0. The summed E-state index contributed by atoms with van der Waals surface area (Å²) in [5.74, 6) is 6.91. The van der Waals surface area contributed by atoms with Crippen LogP contribution in [0.2, 0.25) is 0 Å². The van der Waals surface area contributed by atoms with Gasteiger partial charge in [0, 0.05) is 19.1 Å². The van der Waals surface area contributed by atoms with Gasteiger partial charge in [-0.2, -0.15) is 0 Å². The van der Waals surface area contributed by atoms with Gasteiger partial charge in [0.25, 0.3) is 0 Å². The van der Waals surface area contributed by atoms with Crippen molar-refractivity contribution in [1.29, 1.82) is 0 Å². The second-order valence-electron chi connectivity index (χ2n) is 3.63. The fourth-order valence-electron chi connectivity index (χ4n) is 1.38. The highest BCUT2D eigenvalue weighted by atomic mass is 16.7. The zero-order valence-corrected chi connectivity index (χ0v) is 10.2. The van der Waals surface area contributed by atoms with Crippen LogP contribution in [-0.2, 0) is 9.47 Å². The summed E-state index contributed by atoms with van der Waals surface area (Å²) in [4.78, 5) is 0. The van der Waals surface area contributed by atoms with E-state index in [1.807, 2.05) is 25.2 Å². The zero-order valence-electron chi connectivity index (χ0n) is 10.2. The Bertz CT molecular complexity index is 304. The van der Waals surface area contributed by atoms with Crippen molar-refractivity contribution < 1.29 is 9.47 Å². The van der Waals surface area contributed by atoms with Crippen LogP contribution in [-0.4, -0.2) is 12.9 Å². The molecule has 0 spiro atoms. The Morgan fingerprint density at radius 1 is 1.44 bits per heavy atom. The van der Waals surface area contributed by atoms with E-state index in [1.54, 1.807) is 0 Å². The van der Waals surface area contributed by atoms with Gasteiger partial charge in [0.1, 0.15) is 5.76 Å². The third kappa shape index (κ3) is 5.04. The lowest BCUT2D eigenvalue weighted by Gasteiger charge is -2.08. The third-order valence-corrected chi connectivity index (χ3v) is 2.22. The van der Waals surface area contributed by atoms with Gasteiger partial charge in [-0.15, -0.1) is 0 Å². The van der Waals surface area contributed by atoms with Crippen molar-refractivity contribution in [2.75, 3.05) is 6.61 Å². The summed E-state index contributed by atoms with van der Waals surface area (Å²) in [5.41, 5.74) is 0. The first-order chi connectivity index (χ1) is 7.86. The Morgan fingerprint density at radius 3 is 3.06 bits per heavy atom. The van der Waals surface area contributed by atoms with Crippen molar-refractivity contribution in [3.8, 4) is 11.8 Å². The first-order valence-corrected chi connectivity index (χ1v) is 6.01. The van der Waals surface area contributed by atoms with E-state index in [9.17, 15) is 0 Å². The fraction of sp³-hybridized carbons (Fsp3) is 0.571. The molecule has 0 aromatic carbocycles. The molecule has 88 valence electrons. The molecule has 1 aliphatic rings. The monoisotopic (exact) mass is 220 g/mol. The molecule has 1 atom stereocenters. The molecule has 0 radical (unpaired) electrons. The van der Waals surface area contributed by atoms with Crippen molar-refractivity contribution in [3.63, 3.8) is 0 Å². The van der Waals surface area contributed by atoms with Gasteiger partial charge in [0.15, 0.2) is 0 Å². The molecule has 2 heteroatoms. The maximum atomic E-state index is 5.45. The van der Waals surface area contributed by atoms with Crippen LogP contribution < -0.4 is 0 Å². The van der Waals surface area contributed by atoms with E-state index in [0.29, 0.717) is 6.61 Å². The van der Waals surface area contributed by atoms with Crippen LogP contribution in [0.15, 0.2) is 24.0 Å². The number of rotatable bonds is 5. The summed E-state index contributed by atoms with van der Waals surface area (Å²) < 4.78 is 10.7. The topological polar surface area (TPSA) is 18.5 Å². The Kier molecular flexibility index (Phi) is 6.44. The molecule has 0 N–H and O–H groups in total. The smallest absolute Gasteiger partial charge is 0.220 e. The molecule has 0 amide bonds. The number of hydrogen-bond acceptors (Lipinski definition) is 2. The fourth-order valence-corrected chi connectivity index (χ4v) is 1.38. The predicted octanol–water partition coefficient (Wildman–Crippen LogP) is 3.40. The van der Waals surface area contributed by atoms with Gasteiger partial charge in [0.05, 0.1) is 0 Å². The summed E-state index contributed by atoms with van der Waals surface area (Å²) in [7, 11) is 0. The molecule has 0 saturated carbocycles. The zero-order chi connectivity index (χ0) is 11.6. The van der Waals surface area contributed by atoms with Crippen LogP contribution in [0.25, 0.3) is 0 Å². The molecule has 0 bridgehead atoms. The van der Waals surface area contributed by atoms with Crippen LogP contribution in [0.1, 0.15) is 39.5 Å². The minimum atomic E-state index is -0.224. The summed E-state index contributed by atoms with van der Waals surface area (Å²) in [6, 6.07) is 0. The Morgan fingerprint density at radius 2 is 2.31 bits per heavy atom. The minimum absolute atomic E-state index is 0.224. The number of ether oxygens (including phenoxy) is 2. The van der Waals surface area contributed by atoms with Crippen molar-refractivity contribution in [1.82, 2.24) is 0 Å². The second kappa shape index (κ2) is 8.01. The average Bonchev–Trinajstić information content (AvgIpc) is 2.72. The summed E-state index contributed by atoms with van der Waals surface area (Å²) in [6.45, 7) is 4.80. The first kappa shape index (κ1) is 12.9. The largest absolute Gasteiger partial charge is 0.461 e. The quantitative estimate of drug-likeness (QED) is 0.522. The van der Waals surface area contributed by atoms with Crippen molar-refractivity contribution in [2.45, 2.75) is 45.8 Å². The molecule has 0 aliphatic carbocycles. The normalized spacial score (nSPS) is 20.6. The van der Waals surface area contributed by atoms with Crippen molar-refractivity contribution in [3.05, 3.63) is 24.0 Å². The molecule has 16 heavy (non-hydrogen) atoms. The first-order valence-electron chi connectivity index (χ1n) is 6.01. The highest BCUT2D eigenvalue weighted by Gasteiger charge is 2.12. The molecular weight excluding hydrogens is 200 g/mol. The van der Waals surface area contributed by atoms with Crippen molar-refractivity contribution in [2.24, 2.45) is 0 Å². The Hall–Kier alpha value is -1.20. The summed E-state index contributed by atoms with van der Waals surface area (Å²) in [6.07, 6.45) is 10.0. The SMILES string of the molecule is CCCCCC#C/C=C1/C=CC(OCC)O1. The van der Waals surface area contributed by atoms with Gasteiger partial charge in [0.2, 0.25) is 6.29 Å². The van der Waals surface area contributed by atoms with Crippen LogP contribution in [0.3, 0.4) is 0 Å². The minimum Gasteiger partial charge on any atom is -0.461 e. The molecular formula is C14H20O2. The van der Waals surface area contributed by atoms with Crippen LogP contribution in [0.5, 0.6) is 0 Å². The van der Waals surface area contributed by atoms with E-state index in [-0.39, 0.29) is 6.29 Å². The van der Waals surface area contributed by atoms with Gasteiger partial charge < -0.3 is 9.47 Å². The van der Waals surface area contributed by atoms with E-state index in [4.69, 9.17) is 9.47 Å². The average molecular weight is 220 g/mol. The van der Waals surface area contributed by atoms with E-state index < -0.39 is 0 Å². The lowest BCUT2D eigenvalue weighted by molar-refractivity contribution is -0.0660. The van der Waals surface area contributed by atoms with Crippen LogP contribution in [0, 0.1) is 11.8 Å². The standard InChI is InChI=1S/C14H20O2/c1-3-5-6-7-8-9-10-13-11-12-14(16-13)15-4-2/h10-12,14H,3-7H2,1-2H3/b13-10-. The van der Waals surface area contributed by atoms with E-state index in [0.717, 1.165) is 12.2 Å². The Balaban J connectivity index is 2.23. The maximum absolute atomic E-state index is 5.45. The van der Waals surface area contributed by atoms with Gasteiger partial charge in [-0.25, -0.2) is 0 Å². The molecule has 0 saturated heterocycles. The molecule has 1 heterocycles. The molecule has 0 aromatic rings. The molecule has 1 unspecified atom stereocenters. The second-order valence-corrected chi connectivity index (χ2v) is 3.63. The van der Waals surface area contributed by atoms with Crippen molar-refractivity contribution >= 4 is 0 Å². The summed E-state index contributed by atoms with van der Waals surface area (Å²) >= 11 is 0. The highest BCUT2D eigenvalue weighted by Crippen LogP contribution is 2.15. The van der Waals surface area contributed by atoms with Gasteiger partial charge >= 0.3 is 0 Å². The van der Waals surface area contributed by atoms with E-state index in [1.165, 1.54) is 19.3 Å². The lowest BCUT2D eigenvalue weighted by atomic mass is 10.2. The predicted molar refractivity (Wildman–Crippen MR) is 65.6 cm³/mol. The molecule has 2 nitrogen and oxygen atoms in total. The number of unbranched alkanes of at least 4 members (excludes halogenated alkanes) is 3. The highest BCUT2D eigenvalue weighted by molar-refractivity contribution is 5.27. The molecule has 0 fully saturated rings. The third-order valence-electron chi connectivity index (χ3n) is 2.22. The molecule has 0 aromatic heterocycles. The number of allylic oxidation sites excluding steroid dienone is 2. The molecule has 1 rings (SSSR count). The van der Waals surface area contributed by atoms with Gasteiger partial charge in [-0.05, 0) is 25.5 Å². The van der Waals surface area contributed by atoms with Gasteiger partial charge in [-0.3, -0.25) is 0 Å². The lowest BCUT2D eigenvalue weighted by Crippen LogP contribution is -2.08. The molecule has 1 aliphatic heterocycles. The van der Waals surface area contributed by atoms with Crippen LogP contribution in [0.4, 0.5) is 0 Å². The van der Waals surface area contributed by atoms with Crippen LogP contribution >= 0.6 is 0 Å². The number of hydrogen-bond donors (Lipinski definition) is 0. The van der Waals surface area contributed by atoms with Gasteiger partial charge in [-0.1, -0.05) is 31.6 Å².